The zero-order valence-electron chi connectivity index (χ0n) is 12.5. The molecule has 1 aliphatic carbocycles. The van der Waals surface area contributed by atoms with E-state index >= 15 is 0 Å². The van der Waals surface area contributed by atoms with Crippen LogP contribution in [0.5, 0.6) is 5.75 Å². The molecule has 3 rings (SSSR count). The first kappa shape index (κ1) is 13.7. The Morgan fingerprint density at radius 1 is 1.30 bits per heavy atom. The molecule has 1 heterocycles. The molecule has 2 aliphatic rings. The van der Waals surface area contributed by atoms with Crippen LogP contribution in [-0.4, -0.2) is 25.2 Å². The number of para-hydroxylation sites is 2. The summed E-state index contributed by atoms with van der Waals surface area (Å²) in [6, 6.07) is 8.44. The van der Waals surface area contributed by atoms with E-state index < -0.39 is 0 Å². The lowest BCUT2D eigenvalue weighted by atomic mass is 9.75. The number of nitrogens with two attached hydrogens (primary N) is 1. The van der Waals surface area contributed by atoms with Crippen molar-refractivity contribution in [3.8, 4) is 5.75 Å². The van der Waals surface area contributed by atoms with Crippen LogP contribution in [0.2, 0.25) is 0 Å². The SMILES string of the molecule is CC1CCC(CN)(N2CCCOc3ccccc32)CC1. The molecule has 0 bridgehead atoms. The Hall–Kier alpha value is -1.22. The summed E-state index contributed by atoms with van der Waals surface area (Å²) in [5, 5.41) is 0. The molecule has 3 heteroatoms. The van der Waals surface area contributed by atoms with E-state index in [-0.39, 0.29) is 5.54 Å². The van der Waals surface area contributed by atoms with E-state index in [1.807, 2.05) is 0 Å². The van der Waals surface area contributed by atoms with Crippen LogP contribution in [0.4, 0.5) is 5.69 Å². The molecule has 0 spiro atoms. The first-order valence-corrected chi connectivity index (χ1v) is 7.95. The van der Waals surface area contributed by atoms with Crippen LogP contribution < -0.4 is 15.4 Å². The van der Waals surface area contributed by atoms with Crippen LogP contribution in [0.25, 0.3) is 0 Å². The molecule has 0 unspecified atom stereocenters. The molecule has 1 aliphatic heterocycles. The Morgan fingerprint density at radius 3 is 2.80 bits per heavy atom. The highest BCUT2D eigenvalue weighted by atomic mass is 16.5. The molecule has 3 nitrogen and oxygen atoms in total. The average Bonchev–Trinajstić information content (AvgIpc) is 2.71. The van der Waals surface area contributed by atoms with Gasteiger partial charge in [-0.15, -0.1) is 0 Å². The van der Waals surface area contributed by atoms with Gasteiger partial charge in [0.15, 0.2) is 0 Å². The third-order valence-corrected chi connectivity index (χ3v) is 5.10. The molecule has 2 N–H and O–H groups in total. The summed E-state index contributed by atoms with van der Waals surface area (Å²) in [5.74, 6) is 1.87. The molecular formula is C17H26N2O. The second kappa shape index (κ2) is 5.65. The van der Waals surface area contributed by atoms with Gasteiger partial charge in [0.2, 0.25) is 0 Å². The van der Waals surface area contributed by atoms with Crippen LogP contribution in [0.1, 0.15) is 39.0 Å². The number of benzene rings is 1. The second-order valence-electron chi connectivity index (χ2n) is 6.43. The quantitative estimate of drug-likeness (QED) is 0.900. The van der Waals surface area contributed by atoms with Gasteiger partial charge in [-0.3, -0.25) is 0 Å². The van der Waals surface area contributed by atoms with E-state index in [0.717, 1.165) is 37.8 Å². The standard InChI is InChI=1S/C17H26N2O/c1-14-7-9-17(13-18,10-8-14)19-11-4-12-20-16-6-3-2-5-15(16)19/h2-3,5-6,14H,4,7-13,18H2,1H3. The maximum atomic E-state index is 6.24. The van der Waals surface area contributed by atoms with Crippen LogP contribution in [-0.2, 0) is 0 Å². The Bertz CT molecular complexity index is 452. The van der Waals surface area contributed by atoms with E-state index in [0.29, 0.717) is 0 Å². The van der Waals surface area contributed by atoms with Gasteiger partial charge in [0.05, 0.1) is 17.8 Å². The maximum Gasteiger partial charge on any atom is 0.142 e. The zero-order chi connectivity index (χ0) is 14.0. The highest BCUT2D eigenvalue weighted by molar-refractivity contribution is 5.61. The number of hydrogen-bond acceptors (Lipinski definition) is 3. The maximum absolute atomic E-state index is 6.24. The van der Waals surface area contributed by atoms with Crippen molar-refractivity contribution < 1.29 is 4.74 Å². The highest BCUT2D eigenvalue weighted by Crippen LogP contribution is 2.42. The van der Waals surface area contributed by atoms with Crippen LogP contribution in [0.15, 0.2) is 24.3 Å². The number of fused-ring (bicyclic) bond motifs is 1. The van der Waals surface area contributed by atoms with Gasteiger partial charge in [0.1, 0.15) is 5.75 Å². The predicted octanol–water partition coefficient (Wildman–Crippen LogP) is 3.18. The first-order valence-electron chi connectivity index (χ1n) is 7.95. The molecule has 0 aromatic heterocycles. The molecule has 1 aromatic rings. The Balaban J connectivity index is 1.95. The molecule has 110 valence electrons. The first-order chi connectivity index (χ1) is 9.75. The fourth-order valence-electron chi connectivity index (χ4n) is 3.70. The second-order valence-corrected chi connectivity index (χ2v) is 6.43. The number of anilines is 1. The van der Waals surface area contributed by atoms with Crippen LogP contribution >= 0.6 is 0 Å². The van der Waals surface area contributed by atoms with Gasteiger partial charge in [-0.25, -0.2) is 0 Å². The summed E-state index contributed by atoms with van der Waals surface area (Å²) in [6.07, 6.45) is 6.07. The van der Waals surface area contributed by atoms with Crippen molar-refractivity contribution in [1.82, 2.24) is 0 Å². The van der Waals surface area contributed by atoms with Gasteiger partial charge >= 0.3 is 0 Å². The van der Waals surface area contributed by atoms with Gasteiger partial charge in [-0.1, -0.05) is 19.1 Å². The molecular weight excluding hydrogens is 248 g/mol. The Kier molecular flexibility index (Phi) is 3.88. The lowest BCUT2D eigenvalue weighted by Crippen LogP contribution is -2.56. The average molecular weight is 274 g/mol. The van der Waals surface area contributed by atoms with E-state index in [2.05, 4.69) is 36.1 Å². The fourth-order valence-corrected chi connectivity index (χ4v) is 3.70. The van der Waals surface area contributed by atoms with Gasteiger partial charge in [-0.05, 0) is 50.2 Å². The molecule has 0 atom stereocenters. The van der Waals surface area contributed by atoms with Crippen molar-refractivity contribution >= 4 is 5.69 Å². The largest absolute Gasteiger partial charge is 0.491 e. The summed E-state index contributed by atoms with van der Waals surface area (Å²) in [4.78, 5) is 2.56. The number of hydrogen-bond donors (Lipinski definition) is 1. The van der Waals surface area contributed by atoms with Crippen molar-refractivity contribution in [2.45, 2.75) is 44.6 Å². The number of ether oxygens (including phenoxy) is 1. The van der Waals surface area contributed by atoms with E-state index in [9.17, 15) is 0 Å². The third kappa shape index (κ3) is 2.39. The van der Waals surface area contributed by atoms with Crippen molar-refractivity contribution in [2.24, 2.45) is 11.7 Å². The smallest absolute Gasteiger partial charge is 0.142 e. The molecule has 0 saturated heterocycles. The van der Waals surface area contributed by atoms with Crippen molar-refractivity contribution in [2.75, 3.05) is 24.6 Å². The lowest BCUT2D eigenvalue weighted by Gasteiger charge is -2.48. The minimum Gasteiger partial charge on any atom is -0.491 e. The Morgan fingerprint density at radius 2 is 2.05 bits per heavy atom. The minimum absolute atomic E-state index is 0.135. The molecule has 1 saturated carbocycles. The third-order valence-electron chi connectivity index (χ3n) is 5.10. The topological polar surface area (TPSA) is 38.5 Å². The normalized spacial score (nSPS) is 30.3. The molecule has 0 amide bonds. The van der Waals surface area contributed by atoms with Crippen molar-refractivity contribution in [3.05, 3.63) is 24.3 Å². The fraction of sp³-hybridized carbons (Fsp3) is 0.647. The molecule has 1 fully saturated rings. The van der Waals surface area contributed by atoms with Gasteiger partial charge in [-0.2, -0.15) is 0 Å². The van der Waals surface area contributed by atoms with Gasteiger partial charge in [0.25, 0.3) is 0 Å². The summed E-state index contributed by atoms with van der Waals surface area (Å²) >= 11 is 0. The lowest BCUT2D eigenvalue weighted by molar-refractivity contribution is 0.235. The minimum atomic E-state index is 0.135. The van der Waals surface area contributed by atoms with Gasteiger partial charge < -0.3 is 15.4 Å². The number of rotatable bonds is 2. The molecule has 0 radical (unpaired) electrons. The van der Waals surface area contributed by atoms with E-state index in [1.54, 1.807) is 0 Å². The molecule has 20 heavy (non-hydrogen) atoms. The molecule has 1 aromatic carbocycles. The summed E-state index contributed by atoms with van der Waals surface area (Å²) in [6.45, 7) is 4.97. The summed E-state index contributed by atoms with van der Waals surface area (Å²) in [7, 11) is 0. The predicted molar refractivity (Wildman–Crippen MR) is 83.3 cm³/mol. The summed E-state index contributed by atoms with van der Waals surface area (Å²) in [5.41, 5.74) is 7.62. The Labute approximate surface area is 122 Å². The van der Waals surface area contributed by atoms with E-state index in [1.165, 1.54) is 31.4 Å². The van der Waals surface area contributed by atoms with E-state index in [4.69, 9.17) is 10.5 Å². The zero-order valence-corrected chi connectivity index (χ0v) is 12.5. The van der Waals surface area contributed by atoms with Crippen LogP contribution in [0, 0.1) is 5.92 Å². The monoisotopic (exact) mass is 274 g/mol. The highest BCUT2D eigenvalue weighted by Gasteiger charge is 2.39. The van der Waals surface area contributed by atoms with Crippen molar-refractivity contribution in [1.29, 1.82) is 0 Å². The van der Waals surface area contributed by atoms with Gasteiger partial charge in [0, 0.05) is 13.1 Å². The van der Waals surface area contributed by atoms with Crippen molar-refractivity contribution in [3.63, 3.8) is 0 Å². The summed E-state index contributed by atoms with van der Waals surface area (Å²) < 4.78 is 5.90. The van der Waals surface area contributed by atoms with Crippen LogP contribution in [0.3, 0.4) is 0 Å². The number of nitrogens with zero attached hydrogens (tertiary/aromatic N) is 1.